The van der Waals surface area contributed by atoms with Gasteiger partial charge < -0.3 is 20.5 Å². The van der Waals surface area contributed by atoms with Gasteiger partial charge in [0.05, 0.1) is 13.7 Å². The molecule has 0 saturated heterocycles. The molecule has 3 N–H and O–H groups in total. The minimum atomic E-state index is -4.70. The van der Waals surface area contributed by atoms with Crippen LogP contribution in [0.5, 0.6) is 11.5 Å². The van der Waals surface area contributed by atoms with Crippen LogP contribution in [-0.2, 0) is 13.1 Å². The minimum absolute atomic E-state index is 0. The number of ether oxygens (including phenoxy) is 2. The van der Waals surface area contributed by atoms with Crippen molar-refractivity contribution in [3.05, 3.63) is 59.7 Å². The van der Waals surface area contributed by atoms with E-state index in [9.17, 15) is 13.2 Å². The molecule has 0 amide bonds. The second kappa shape index (κ2) is 10.1. The second-order valence-corrected chi connectivity index (χ2v) is 5.09. The Labute approximate surface area is 166 Å². The van der Waals surface area contributed by atoms with E-state index in [4.69, 9.17) is 10.5 Å². The summed E-state index contributed by atoms with van der Waals surface area (Å²) in [5, 5.41) is 2.90. The van der Waals surface area contributed by atoms with Gasteiger partial charge in [-0.25, -0.2) is 4.99 Å². The highest BCUT2D eigenvalue weighted by Gasteiger charge is 2.30. The van der Waals surface area contributed by atoms with Gasteiger partial charge in [-0.3, -0.25) is 0 Å². The Hall–Kier alpha value is -2.17. The number of nitrogens with two attached hydrogens (primary N) is 1. The summed E-state index contributed by atoms with van der Waals surface area (Å²) >= 11 is 0. The Bertz CT molecular complexity index is 705. The van der Waals surface area contributed by atoms with Gasteiger partial charge in [-0.2, -0.15) is 0 Å². The van der Waals surface area contributed by atoms with E-state index in [2.05, 4.69) is 15.0 Å². The van der Waals surface area contributed by atoms with E-state index in [1.807, 2.05) is 24.3 Å². The van der Waals surface area contributed by atoms with Crippen molar-refractivity contribution >= 4 is 29.9 Å². The lowest BCUT2D eigenvalue weighted by molar-refractivity contribution is -0.274. The van der Waals surface area contributed by atoms with Gasteiger partial charge in [-0.15, -0.1) is 37.1 Å². The third-order valence-corrected chi connectivity index (χ3v) is 3.22. The van der Waals surface area contributed by atoms with Crippen molar-refractivity contribution in [3.8, 4) is 11.5 Å². The van der Waals surface area contributed by atoms with Crippen molar-refractivity contribution in [2.45, 2.75) is 19.5 Å². The van der Waals surface area contributed by atoms with Crippen LogP contribution in [0.3, 0.4) is 0 Å². The summed E-state index contributed by atoms with van der Waals surface area (Å²) in [7, 11) is 1.59. The van der Waals surface area contributed by atoms with Crippen LogP contribution >= 0.6 is 24.0 Å². The molecule has 0 aliphatic carbocycles. The van der Waals surface area contributed by atoms with E-state index < -0.39 is 6.36 Å². The van der Waals surface area contributed by atoms with Gasteiger partial charge in [0.1, 0.15) is 11.5 Å². The molecule has 0 unspecified atom stereocenters. The average molecular weight is 481 g/mol. The summed E-state index contributed by atoms with van der Waals surface area (Å²) in [5.41, 5.74) is 7.50. The van der Waals surface area contributed by atoms with Crippen molar-refractivity contribution in [3.63, 3.8) is 0 Å². The molecule has 26 heavy (non-hydrogen) atoms. The fraction of sp³-hybridized carbons (Fsp3) is 0.235. The molecule has 0 atom stereocenters. The molecular formula is C17H19F3IN3O2. The molecule has 0 fully saturated rings. The van der Waals surface area contributed by atoms with Crippen LogP contribution in [0.4, 0.5) is 13.2 Å². The van der Waals surface area contributed by atoms with Gasteiger partial charge in [-0.05, 0) is 35.4 Å². The van der Waals surface area contributed by atoms with Crippen LogP contribution < -0.4 is 20.5 Å². The van der Waals surface area contributed by atoms with E-state index in [-0.39, 0.29) is 35.7 Å². The highest BCUT2D eigenvalue weighted by atomic mass is 127. The van der Waals surface area contributed by atoms with Gasteiger partial charge in [0.25, 0.3) is 0 Å². The number of aliphatic imine (C=N–C) groups is 1. The Morgan fingerprint density at radius 1 is 1.00 bits per heavy atom. The lowest BCUT2D eigenvalue weighted by atomic mass is 10.2. The van der Waals surface area contributed by atoms with Crippen molar-refractivity contribution in [2.24, 2.45) is 10.7 Å². The van der Waals surface area contributed by atoms with Gasteiger partial charge >= 0.3 is 6.36 Å². The number of nitrogens with one attached hydrogen (secondary N) is 1. The number of hydrogen-bond donors (Lipinski definition) is 2. The first-order chi connectivity index (χ1) is 11.9. The Morgan fingerprint density at radius 2 is 1.54 bits per heavy atom. The van der Waals surface area contributed by atoms with Crippen LogP contribution in [0, 0.1) is 0 Å². The quantitative estimate of drug-likeness (QED) is 0.374. The third-order valence-electron chi connectivity index (χ3n) is 3.22. The summed E-state index contributed by atoms with van der Waals surface area (Å²) in [6.07, 6.45) is -4.70. The van der Waals surface area contributed by atoms with Gasteiger partial charge in [-0.1, -0.05) is 24.3 Å². The summed E-state index contributed by atoms with van der Waals surface area (Å²) in [4.78, 5) is 4.20. The summed E-state index contributed by atoms with van der Waals surface area (Å²) < 4.78 is 45.1. The average Bonchev–Trinajstić information content (AvgIpc) is 2.58. The highest BCUT2D eigenvalue weighted by molar-refractivity contribution is 14.0. The number of benzene rings is 2. The number of alkyl halides is 3. The Balaban J connectivity index is 0.00000338. The minimum Gasteiger partial charge on any atom is -0.497 e. The molecule has 0 aliphatic heterocycles. The first kappa shape index (κ1) is 21.9. The maximum absolute atomic E-state index is 12.1. The van der Waals surface area contributed by atoms with Crippen LogP contribution in [0.2, 0.25) is 0 Å². The number of methoxy groups -OCH3 is 1. The maximum Gasteiger partial charge on any atom is 0.573 e. The molecule has 2 aromatic carbocycles. The first-order valence-electron chi connectivity index (χ1n) is 7.37. The highest BCUT2D eigenvalue weighted by Crippen LogP contribution is 2.22. The van der Waals surface area contributed by atoms with E-state index in [0.717, 1.165) is 16.9 Å². The predicted octanol–water partition coefficient (Wildman–Crippen LogP) is 3.82. The molecule has 2 aromatic rings. The summed E-state index contributed by atoms with van der Waals surface area (Å²) in [6, 6.07) is 13.0. The molecule has 5 nitrogen and oxygen atoms in total. The monoisotopic (exact) mass is 481 g/mol. The normalized spacial score (nSPS) is 11.5. The molecule has 0 heterocycles. The van der Waals surface area contributed by atoms with Gasteiger partial charge in [0.2, 0.25) is 0 Å². The molecule has 0 aliphatic rings. The fourth-order valence-electron chi connectivity index (χ4n) is 1.96. The Kier molecular flexibility index (Phi) is 8.49. The number of nitrogens with zero attached hydrogens (tertiary/aromatic N) is 1. The van der Waals surface area contributed by atoms with Crippen molar-refractivity contribution in [2.75, 3.05) is 7.11 Å². The molecule has 2 rings (SSSR count). The van der Waals surface area contributed by atoms with E-state index in [1.54, 1.807) is 7.11 Å². The topological polar surface area (TPSA) is 68.9 Å². The van der Waals surface area contributed by atoms with Crippen molar-refractivity contribution in [1.29, 1.82) is 0 Å². The number of halogens is 4. The van der Waals surface area contributed by atoms with E-state index in [0.29, 0.717) is 13.1 Å². The third kappa shape index (κ3) is 7.81. The molecule has 0 aromatic heterocycles. The van der Waals surface area contributed by atoms with Crippen molar-refractivity contribution in [1.82, 2.24) is 5.32 Å². The fourth-order valence-corrected chi connectivity index (χ4v) is 1.96. The summed E-state index contributed by atoms with van der Waals surface area (Å²) in [5.74, 6) is 0.737. The van der Waals surface area contributed by atoms with Crippen molar-refractivity contribution < 1.29 is 22.6 Å². The largest absolute Gasteiger partial charge is 0.573 e. The molecule has 9 heteroatoms. The van der Waals surface area contributed by atoms with Gasteiger partial charge in [0, 0.05) is 6.54 Å². The van der Waals surface area contributed by atoms with Crippen LogP contribution in [0.1, 0.15) is 11.1 Å². The molecule has 0 radical (unpaired) electrons. The molecule has 0 bridgehead atoms. The number of rotatable bonds is 6. The second-order valence-electron chi connectivity index (χ2n) is 5.09. The number of hydrogen-bond acceptors (Lipinski definition) is 3. The van der Waals surface area contributed by atoms with Gasteiger partial charge in [0.15, 0.2) is 5.96 Å². The lowest BCUT2D eigenvalue weighted by Gasteiger charge is -2.10. The van der Waals surface area contributed by atoms with Crippen LogP contribution in [0.15, 0.2) is 53.5 Å². The zero-order valence-electron chi connectivity index (χ0n) is 13.9. The Morgan fingerprint density at radius 3 is 2.08 bits per heavy atom. The number of guanidine groups is 1. The van der Waals surface area contributed by atoms with Crippen LogP contribution in [0.25, 0.3) is 0 Å². The molecule has 142 valence electrons. The zero-order chi connectivity index (χ0) is 18.3. The van der Waals surface area contributed by atoms with E-state index >= 15 is 0 Å². The molecule has 0 saturated carbocycles. The standard InChI is InChI=1S/C17H18F3N3O2.HI/c1-24-14-6-2-12(3-7-14)10-22-16(21)23-11-13-4-8-15(9-5-13)25-17(18,19)20;/h2-9H,10-11H2,1H3,(H3,21,22,23);1H. The SMILES string of the molecule is COc1ccc(CN=C(N)NCc2ccc(OC(F)(F)F)cc2)cc1.I. The first-order valence-corrected chi connectivity index (χ1v) is 7.37. The van der Waals surface area contributed by atoms with E-state index in [1.165, 1.54) is 24.3 Å². The predicted molar refractivity (Wildman–Crippen MR) is 104 cm³/mol. The lowest BCUT2D eigenvalue weighted by Crippen LogP contribution is -2.31. The smallest absolute Gasteiger partial charge is 0.497 e. The molecule has 0 spiro atoms. The van der Waals surface area contributed by atoms with Crippen LogP contribution in [-0.4, -0.2) is 19.4 Å². The zero-order valence-corrected chi connectivity index (χ0v) is 16.2. The maximum atomic E-state index is 12.1. The summed E-state index contributed by atoms with van der Waals surface area (Å²) in [6.45, 7) is 0.741. The molecular weight excluding hydrogens is 462 g/mol.